The molecular weight excluding hydrogens is 228 g/mol. The Kier molecular flexibility index (Phi) is 5.32. The summed E-state index contributed by atoms with van der Waals surface area (Å²) in [5, 5.41) is 2.99. The molecule has 5 heteroatoms. The minimum Gasteiger partial charge on any atom is -0.350 e. The zero-order chi connectivity index (χ0) is 12.0. The first-order valence-electron chi connectivity index (χ1n) is 5.47. The van der Waals surface area contributed by atoms with Crippen molar-refractivity contribution in [1.29, 1.82) is 0 Å². The number of likely N-dealkylation sites (tertiary alicyclic amines) is 1. The van der Waals surface area contributed by atoms with Crippen molar-refractivity contribution in [2.45, 2.75) is 25.7 Å². The molecule has 1 rings (SSSR count). The highest BCUT2D eigenvalue weighted by molar-refractivity contribution is 6.29. The Morgan fingerprint density at radius 1 is 1.44 bits per heavy atom. The number of carbonyl (C=O) groups is 2. The highest BCUT2D eigenvalue weighted by atomic mass is 35.5. The van der Waals surface area contributed by atoms with Crippen molar-refractivity contribution < 1.29 is 9.59 Å². The van der Waals surface area contributed by atoms with Crippen molar-refractivity contribution in [1.82, 2.24) is 10.2 Å². The Morgan fingerprint density at radius 3 is 2.88 bits per heavy atom. The Balaban J connectivity index is 2.36. The molecule has 0 aliphatic carbocycles. The van der Waals surface area contributed by atoms with Crippen molar-refractivity contribution in [3.05, 3.63) is 11.6 Å². The van der Waals surface area contributed by atoms with Crippen LogP contribution in [-0.2, 0) is 9.59 Å². The number of hydrogen-bond donors (Lipinski definition) is 1. The third kappa shape index (κ3) is 4.66. The van der Waals surface area contributed by atoms with Crippen LogP contribution in [0.25, 0.3) is 0 Å². The first-order chi connectivity index (χ1) is 7.59. The van der Waals surface area contributed by atoms with E-state index in [1.165, 1.54) is 0 Å². The largest absolute Gasteiger partial charge is 0.350 e. The predicted octanol–water partition coefficient (Wildman–Crippen LogP) is 1.26. The van der Waals surface area contributed by atoms with Crippen molar-refractivity contribution >= 4 is 23.4 Å². The predicted molar refractivity (Wildman–Crippen MR) is 63.1 cm³/mol. The minimum absolute atomic E-state index is 0.0670. The average Bonchev–Trinajstić information content (AvgIpc) is 2.42. The number of hydrogen-bond acceptors (Lipinski definition) is 2. The molecule has 4 nitrogen and oxygen atoms in total. The zero-order valence-corrected chi connectivity index (χ0v) is 10.1. The minimum atomic E-state index is -0.183. The van der Waals surface area contributed by atoms with Crippen molar-refractivity contribution in [2.24, 2.45) is 0 Å². The van der Waals surface area contributed by atoms with Gasteiger partial charge in [-0.15, -0.1) is 0 Å². The van der Waals surface area contributed by atoms with Crippen molar-refractivity contribution in [3.8, 4) is 0 Å². The Hall–Kier alpha value is -1.03. The third-order valence-electron chi connectivity index (χ3n) is 2.48. The molecule has 0 bridgehead atoms. The van der Waals surface area contributed by atoms with Gasteiger partial charge in [-0.2, -0.15) is 0 Å². The number of nitrogens with zero attached hydrogens (tertiary/aromatic N) is 1. The van der Waals surface area contributed by atoms with Gasteiger partial charge in [0.2, 0.25) is 11.8 Å². The monoisotopic (exact) mass is 244 g/mol. The van der Waals surface area contributed by atoms with E-state index in [1.54, 1.807) is 4.90 Å². The topological polar surface area (TPSA) is 49.4 Å². The quantitative estimate of drug-likeness (QED) is 0.810. The molecule has 0 aromatic carbocycles. The molecular formula is C11H17ClN2O2. The maximum Gasteiger partial charge on any atom is 0.239 e. The second-order valence-electron chi connectivity index (χ2n) is 3.92. The van der Waals surface area contributed by atoms with E-state index in [2.05, 4.69) is 11.9 Å². The standard InChI is InChI=1S/C11H17ClN2O2/c1-9(12)7-13-10(15)8-14-6-4-2-3-5-11(14)16/h1-8H2,(H,13,15). The van der Waals surface area contributed by atoms with Crippen LogP contribution in [0, 0.1) is 0 Å². The van der Waals surface area contributed by atoms with E-state index in [-0.39, 0.29) is 24.9 Å². The lowest BCUT2D eigenvalue weighted by Crippen LogP contribution is -2.40. The summed E-state index contributed by atoms with van der Waals surface area (Å²) in [4.78, 5) is 24.7. The molecule has 90 valence electrons. The number of amides is 2. The lowest BCUT2D eigenvalue weighted by atomic mass is 10.2. The molecule has 1 N–H and O–H groups in total. The van der Waals surface area contributed by atoms with Crippen molar-refractivity contribution in [2.75, 3.05) is 19.6 Å². The summed E-state index contributed by atoms with van der Waals surface area (Å²) in [5.41, 5.74) is 0. The number of rotatable bonds is 4. The molecule has 1 aliphatic heterocycles. The fourth-order valence-electron chi connectivity index (χ4n) is 1.63. The van der Waals surface area contributed by atoms with Crippen LogP contribution >= 0.6 is 11.6 Å². The lowest BCUT2D eigenvalue weighted by Gasteiger charge is -2.19. The first kappa shape index (κ1) is 13.0. The van der Waals surface area contributed by atoms with E-state index in [1.807, 2.05) is 0 Å². The molecule has 0 radical (unpaired) electrons. The second-order valence-corrected chi connectivity index (χ2v) is 4.45. The molecule has 2 amide bonds. The van der Waals surface area contributed by atoms with Gasteiger partial charge in [0.1, 0.15) is 0 Å². The zero-order valence-electron chi connectivity index (χ0n) is 9.30. The van der Waals surface area contributed by atoms with Gasteiger partial charge in [-0.25, -0.2) is 0 Å². The normalized spacial score (nSPS) is 16.8. The molecule has 1 aliphatic rings. The van der Waals surface area contributed by atoms with Crippen LogP contribution in [0.5, 0.6) is 0 Å². The number of halogens is 1. The smallest absolute Gasteiger partial charge is 0.239 e. The van der Waals surface area contributed by atoms with E-state index in [0.29, 0.717) is 18.0 Å². The van der Waals surface area contributed by atoms with Crippen LogP contribution in [0.4, 0.5) is 0 Å². The summed E-state index contributed by atoms with van der Waals surface area (Å²) in [6.45, 7) is 4.53. The highest BCUT2D eigenvalue weighted by Crippen LogP contribution is 2.10. The van der Waals surface area contributed by atoms with E-state index < -0.39 is 0 Å². The molecule has 0 saturated carbocycles. The van der Waals surface area contributed by atoms with Gasteiger partial charge in [0.15, 0.2) is 0 Å². The fraction of sp³-hybridized carbons (Fsp3) is 0.636. The Bertz CT molecular complexity index is 292. The Morgan fingerprint density at radius 2 is 2.19 bits per heavy atom. The molecule has 1 heterocycles. The van der Waals surface area contributed by atoms with Crippen LogP contribution in [0.1, 0.15) is 25.7 Å². The van der Waals surface area contributed by atoms with Crippen LogP contribution in [0.2, 0.25) is 0 Å². The summed E-state index contributed by atoms with van der Waals surface area (Å²) in [5.74, 6) is -0.116. The van der Waals surface area contributed by atoms with E-state index in [9.17, 15) is 9.59 Å². The van der Waals surface area contributed by atoms with Crippen molar-refractivity contribution in [3.63, 3.8) is 0 Å². The molecule has 0 aromatic heterocycles. The maximum absolute atomic E-state index is 11.6. The van der Waals surface area contributed by atoms with Gasteiger partial charge in [0.05, 0.1) is 13.1 Å². The summed E-state index contributed by atoms with van der Waals surface area (Å²) in [6.07, 6.45) is 3.51. The summed E-state index contributed by atoms with van der Waals surface area (Å²) >= 11 is 5.53. The molecule has 0 spiro atoms. The van der Waals surface area contributed by atoms with E-state index in [0.717, 1.165) is 19.3 Å². The van der Waals surface area contributed by atoms with Gasteiger partial charge in [0, 0.05) is 18.0 Å². The average molecular weight is 245 g/mol. The van der Waals surface area contributed by atoms with Crippen LogP contribution in [0.3, 0.4) is 0 Å². The van der Waals surface area contributed by atoms with Gasteiger partial charge in [-0.1, -0.05) is 24.6 Å². The molecule has 0 unspecified atom stereocenters. The van der Waals surface area contributed by atoms with E-state index in [4.69, 9.17) is 11.6 Å². The highest BCUT2D eigenvalue weighted by Gasteiger charge is 2.18. The first-order valence-corrected chi connectivity index (χ1v) is 5.85. The molecule has 0 atom stereocenters. The Labute approximate surface area is 101 Å². The lowest BCUT2D eigenvalue weighted by molar-refractivity contribution is -0.135. The molecule has 0 aromatic rings. The van der Waals surface area contributed by atoms with Crippen LogP contribution in [-0.4, -0.2) is 36.3 Å². The molecule has 1 saturated heterocycles. The maximum atomic E-state index is 11.6. The van der Waals surface area contributed by atoms with Crippen LogP contribution in [0.15, 0.2) is 11.6 Å². The van der Waals surface area contributed by atoms with Gasteiger partial charge < -0.3 is 10.2 Å². The summed E-state index contributed by atoms with van der Waals surface area (Å²) < 4.78 is 0. The van der Waals surface area contributed by atoms with Gasteiger partial charge in [-0.3, -0.25) is 9.59 Å². The number of carbonyl (C=O) groups excluding carboxylic acids is 2. The van der Waals surface area contributed by atoms with Crippen LogP contribution < -0.4 is 5.32 Å². The summed E-state index contributed by atoms with van der Waals surface area (Å²) in [6, 6.07) is 0. The SMILES string of the molecule is C=C(Cl)CNC(=O)CN1CCCCCC1=O. The van der Waals surface area contributed by atoms with Gasteiger partial charge >= 0.3 is 0 Å². The fourth-order valence-corrected chi connectivity index (χ4v) is 1.70. The van der Waals surface area contributed by atoms with Gasteiger partial charge in [0.25, 0.3) is 0 Å². The second kappa shape index (κ2) is 6.53. The molecule has 16 heavy (non-hydrogen) atoms. The van der Waals surface area contributed by atoms with Gasteiger partial charge in [-0.05, 0) is 12.8 Å². The third-order valence-corrected chi connectivity index (χ3v) is 2.62. The summed E-state index contributed by atoms with van der Waals surface area (Å²) in [7, 11) is 0. The van der Waals surface area contributed by atoms with E-state index >= 15 is 0 Å². The number of nitrogens with one attached hydrogen (secondary N) is 1. The molecule has 1 fully saturated rings.